The summed E-state index contributed by atoms with van der Waals surface area (Å²) >= 11 is 0. The second kappa shape index (κ2) is 9.08. The van der Waals surface area contributed by atoms with E-state index in [1.807, 2.05) is 0 Å². The molecule has 0 amide bonds. The molecule has 0 aliphatic carbocycles. The first kappa shape index (κ1) is 17.3. The smallest absolute Gasteiger partial charge is 0.0442 e. The van der Waals surface area contributed by atoms with Crippen LogP contribution >= 0.6 is 0 Å². The number of unbranched alkanes of at least 4 members (excludes halogenated alkanes) is 1. The van der Waals surface area contributed by atoms with Gasteiger partial charge in [0.1, 0.15) is 0 Å². The molecule has 130 valence electrons. The zero-order valence-corrected chi connectivity index (χ0v) is 15.2. The van der Waals surface area contributed by atoms with Gasteiger partial charge < -0.3 is 9.80 Å². The van der Waals surface area contributed by atoms with Gasteiger partial charge >= 0.3 is 0 Å². The fourth-order valence-corrected chi connectivity index (χ4v) is 3.76. The van der Waals surface area contributed by atoms with Crippen LogP contribution in [-0.2, 0) is 0 Å². The third-order valence-corrected chi connectivity index (χ3v) is 5.26. The lowest BCUT2D eigenvalue weighted by atomic mass is 10.1. The van der Waals surface area contributed by atoms with Crippen LogP contribution in [-0.4, -0.2) is 42.5 Å². The first-order chi connectivity index (χ1) is 11.8. The van der Waals surface area contributed by atoms with Crippen molar-refractivity contribution in [2.75, 3.05) is 32.7 Å². The highest BCUT2D eigenvalue weighted by atomic mass is 15.1. The quantitative estimate of drug-likeness (QED) is 0.689. The van der Waals surface area contributed by atoms with Gasteiger partial charge in [-0.05, 0) is 63.9 Å². The van der Waals surface area contributed by atoms with Crippen LogP contribution in [0.1, 0.15) is 49.7 Å². The van der Waals surface area contributed by atoms with Crippen LogP contribution < -0.4 is 0 Å². The van der Waals surface area contributed by atoms with E-state index in [1.165, 1.54) is 75.0 Å². The molecule has 24 heavy (non-hydrogen) atoms. The van der Waals surface area contributed by atoms with E-state index in [1.54, 1.807) is 0 Å². The Morgan fingerprint density at radius 1 is 0.875 bits per heavy atom. The molecule has 1 saturated heterocycles. The molecule has 2 aliphatic rings. The number of rotatable bonds is 6. The van der Waals surface area contributed by atoms with Crippen LogP contribution in [0.15, 0.2) is 42.5 Å². The average molecular weight is 325 g/mol. The number of hydrogen-bond acceptors (Lipinski definition) is 2. The summed E-state index contributed by atoms with van der Waals surface area (Å²) in [5.41, 5.74) is 4.06. The van der Waals surface area contributed by atoms with Gasteiger partial charge in [0.15, 0.2) is 0 Å². The summed E-state index contributed by atoms with van der Waals surface area (Å²) in [5.74, 6) is 0. The van der Waals surface area contributed by atoms with Crippen molar-refractivity contribution < 1.29 is 0 Å². The molecule has 2 heterocycles. The summed E-state index contributed by atoms with van der Waals surface area (Å²) in [4.78, 5) is 5.22. The second-order valence-electron chi connectivity index (χ2n) is 7.26. The molecule has 0 unspecified atom stereocenters. The van der Waals surface area contributed by atoms with Crippen molar-refractivity contribution in [1.82, 2.24) is 9.80 Å². The summed E-state index contributed by atoms with van der Waals surface area (Å²) in [6.45, 7) is 8.29. The second-order valence-corrected chi connectivity index (χ2v) is 7.26. The number of benzene rings is 1. The number of nitrogens with zero attached hydrogens (tertiary/aromatic N) is 2. The van der Waals surface area contributed by atoms with Gasteiger partial charge in [0.25, 0.3) is 0 Å². The highest BCUT2D eigenvalue weighted by Gasteiger charge is 2.13. The molecule has 0 radical (unpaired) electrons. The maximum absolute atomic E-state index is 2.68. The molecule has 1 fully saturated rings. The maximum atomic E-state index is 2.68. The van der Waals surface area contributed by atoms with Gasteiger partial charge in [-0.2, -0.15) is 0 Å². The van der Waals surface area contributed by atoms with Gasteiger partial charge in [0.2, 0.25) is 0 Å². The van der Waals surface area contributed by atoms with E-state index in [-0.39, 0.29) is 0 Å². The fraction of sp³-hybridized carbons (Fsp3) is 0.545. The highest BCUT2D eigenvalue weighted by molar-refractivity contribution is 5.67. The van der Waals surface area contributed by atoms with E-state index in [0.29, 0.717) is 0 Å². The van der Waals surface area contributed by atoms with Crippen LogP contribution in [0.3, 0.4) is 0 Å². The van der Waals surface area contributed by atoms with Crippen molar-refractivity contribution in [3.63, 3.8) is 0 Å². The van der Waals surface area contributed by atoms with Crippen molar-refractivity contribution >= 4 is 5.70 Å². The Hall–Kier alpha value is -1.54. The minimum absolute atomic E-state index is 1.05. The van der Waals surface area contributed by atoms with Crippen molar-refractivity contribution in [3.8, 4) is 0 Å². The van der Waals surface area contributed by atoms with Crippen LogP contribution in [0.4, 0.5) is 0 Å². The van der Waals surface area contributed by atoms with Gasteiger partial charge in [-0.3, -0.25) is 0 Å². The molecule has 0 N–H and O–H groups in total. The predicted molar refractivity (Wildman–Crippen MR) is 104 cm³/mol. The van der Waals surface area contributed by atoms with Crippen LogP contribution in [0.2, 0.25) is 0 Å². The summed E-state index contributed by atoms with van der Waals surface area (Å²) in [5, 5.41) is 0. The number of hydrogen-bond donors (Lipinski definition) is 0. The lowest BCUT2D eigenvalue weighted by molar-refractivity contribution is 0.273. The first-order valence-corrected chi connectivity index (χ1v) is 9.74. The maximum Gasteiger partial charge on any atom is 0.0442 e. The zero-order valence-electron chi connectivity index (χ0n) is 15.2. The van der Waals surface area contributed by atoms with E-state index in [0.717, 1.165) is 13.1 Å². The molecule has 1 aromatic rings. The Morgan fingerprint density at radius 3 is 2.33 bits per heavy atom. The molecule has 3 rings (SSSR count). The average Bonchev–Trinajstić information content (AvgIpc) is 2.89. The molecule has 2 nitrogen and oxygen atoms in total. The van der Waals surface area contributed by atoms with E-state index < -0.39 is 0 Å². The van der Waals surface area contributed by atoms with Crippen LogP contribution in [0.5, 0.6) is 0 Å². The topological polar surface area (TPSA) is 6.48 Å². The molecule has 2 heteroatoms. The van der Waals surface area contributed by atoms with Gasteiger partial charge in [0, 0.05) is 18.8 Å². The monoisotopic (exact) mass is 324 g/mol. The van der Waals surface area contributed by atoms with E-state index >= 15 is 0 Å². The molecule has 0 saturated carbocycles. The Morgan fingerprint density at radius 2 is 1.58 bits per heavy atom. The normalized spacial score (nSPS) is 19.2. The summed E-state index contributed by atoms with van der Waals surface area (Å²) in [6.07, 6.45) is 15.0. The van der Waals surface area contributed by atoms with E-state index in [2.05, 4.69) is 59.2 Å². The minimum Gasteiger partial charge on any atom is -0.367 e. The first-order valence-electron chi connectivity index (χ1n) is 9.74. The Bertz CT molecular complexity index is 548. The summed E-state index contributed by atoms with van der Waals surface area (Å²) in [6, 6.07) is 8.94. The molecule has 0 atom stereocenters. The molecule has 2 aliphatic heterocycles. The van der Waals surface area contributed by atoms with Gasteiger partial charge in [-0.1, -0.05) is 54.8 Å². The van der Waals surface area contributed by atoms with E-state index in [9.17, 15) is 0 Å². The minimum atomic E-state index is 1.05. The summed E-state index contributed by atoms with van der Waals surface area (Å²) in [7, 11) is 0. The van der Waals surface area contributed by atoms with Crippen molar-refractivity contribution in [2.24, 2.45) is 0 Å². The SMILES string of the molecule is Cc1ccc(C2=CC=CCN2CCCCN2CCCCCC2)cc1. The number of likely N-dealkylation sites (tertiary alicyclic amines) is 1. The van der Waals surface area contributed by atoms with Gasteiger partial charge in [-0.15, -0.1) is 0 Å². The standard InChI is InChI=1S/C22H32N2/c1-20-11-13-21(14-12-20)22-10-4-7-18-24(22)19-9-8-17-23-15-5-2-3-6-16-23/h4,7,10-14H,2-3,5-6,8-9,15-19H2,1H3. The molecule has 0 aromatic heterocycles. The fourth-order valence-electron chi connectivity index (χ4n) is 3.76. The third kappa shape index (κ3) is 4.98. The van der Waals surface area contributed by atoms with Crippen molar-refractivity contribution in [2.45, 2.75) is 45.4 Å². The Kier molecular flexibility index (Phi) is 6.54. The molecule has 0 spiro atoms. The molecular weight excluding hydrogens is 292 g/mol. The molecule has 0 bridgehead atoms. The predicted octanol–water partition coefficient (Wildman–Crippen LogP) is 4.86. The van der Waals surface area contributed by atoms with Crippen LogP contribution in [0.25, 0.3) is 5.70 Å². The Labute approximate surface area is 147 Å². The number of aryl methyl sites for hydroxylation is 1. The molecule has 1 aromatic carbocycles. The largest absolute Gasteiger partial charge is 0.367 e. The lowest BCUT2D eigenvalue weighted by Crippen LogP contribution is -2.28. The highest BCUT2D eigenvalue weighted by Crippen LogP contribution is 2.23. The van der Waals surface area contributed by atoms with Crippen LogP contribution in [0, 0.1) is 6.92 Å². The zero-order chi connectivity index (χ0) is 16.6. The third-order valence-electron chi connectivity index (χ3n) is 5.26. The molecular formula is C22H32N2. The summed E-state index contributed by atoms with van der Waals surface area (Å²) < 4.78 is 0. The Balaban J connectivity index is 1.47. The van der Waals surface area contributed by atoms with Gasteiger partial charge in [0.05, 0.1) is 0 Å². The number of allylic oxidation sites excluding steroid dienone is 2. The van der Waals surface area contributed by atoms with Crippen molar-refractivity contribution in [3.05, 3.63) is 53.6 Å². The lowest BCUT2D eigenvalue weighted by Gasteiger charge is -2.29. The van der Waals surface area contributed by atoms with Crippen molar-refractivity contribution in [1.29, 1.82) is 0 Å². The van der Waals surface area contributed by atoms with E-state index in [4.69, 9.17) is 0 Å². The van der Waals surface area contributed by atoms with Gasteiger partial charge in [-0.25, -0.2) is 0 Å².